The van der Waals surface area contributed by atoms with Crippen LogP contribution in [0.1, 0.15) is 6.92 Å². The van der Waals surface area contributed by atoms with Gasteiger partial charge in [-0.15, -0.1) is 0 Å². The van der Waals surface area contributed by atoms with E-state index in [2.05, 4.69) is 4.99 Å². The Morgan fingerprint density at radius 2 is 2.25 bits per heavy atom. The quantitative estimate of drug-likeness (QED) is 0.279. The van der Waals surface area contributed by atoms with Crippen LogP contribution in [-0.4, -0.2) is 39.1 Å². The lowest BCUT2D eigenvalue weighted by Gasteiger charge is -2.17. The molecule has 2 nitrogen and oxygen atoms in total. The zero-order valence-corrected chi connectivity index (χ0v) is 5.63. The summed E-state index contributed by atoms with van der Waals surface area (Å²) in [6, 6.07) is 0. The Morgan fingerprint density at radius 3 is 2.38 bits per heavy atom. The van der Waals surface area contributed by atoms with Gasteiger partial charge in [0, 0.05) is 14.1 Å². The molecule has 0 aliphatic rings. The molecule has 0 bridgehead atoms. The second-order valence-electron chi connectivity index (χ2n) is 1.78. The zero-order valence-electron chi connectivity index (χ0n) is 5.63. The van der Waals surface area contributed by atoms with Gasteiger partial charge in [-0.3, -0.25) is 4.99 Å². The van der Waals surface area contributed by atoms with Gasteiger partial charge in [-0.05, 0) is 5.94 Å². The number of aliphatic imine (C=N–C) groups is 1. The van der Waals surface area contributed by atoms with Crippen molar-refractivity contribution in [2.45, 2.75) is 12.9 Å². The second kappa shape index (κ2) is 3.53. The van der Waals surface area contributed by atoms with Crippen LogP contribution in [0.5, 0.6) is 0 Å². The third-order valence-electron chi connectivity index (χ3n) is 0.940. The third kappa shape index (κ3) is 2.67. The summed E-state index contributed by atoms with van der Waals surface area (Å²) in [5.74, 6) is 0.0544. The molecule has 0 heterocycles. The molecule has 0 aromatic heterocycles. The van der Waals surface area contributed by atoms with Gasteiger partial charge in [0.15, 0.2) is 0 Å². The first-order chi connectivity index (χ1) is 3.68. The molecule has 0 N–H and O–H groups in total. The summed E-state index contributed by atoms with van der Waals surface area (Å²) in [5.41, 5.74) is 0. The standard InChI is InChI=1S/C5H11BN2/c1-5(6)8(3)4-7-2/h4-5H,1-3H3. The van der Waals surface area contributed by atoms with Gasteiger partial charge in [-0.25, -0.2) is 0 Å². The number of hydrogen-bond donors (Lipinski definition) is 0. The molecule has 0 saturated carbocycles. The van der Waals surface area contributed by atoms with Crippen LogP contribution in [-0.2, 0) is 0 Å². The van der Waals surface area contributed by atoms with Crippen LogP contribution < -0.4 is 0 Å². The fourth-order valence-corrected chi connectivity index (χ4v) is 0.287. The lowest BCUT2D eigenvalue weighted by atomic mass is 9.98. The molecule has 0 rings (SSSR count). The molecular weight excluding hydrogens is 98.9 g/mol. The van der Waals surface area contributed by atoms with E-state index in [1.165, 1.54) is 0 Å². The highest BCUT2D eigenvalue weighted by molar-refractivity contribution is 6.12. The van der Waals surface area contributed by atoms with Gasteiger partial charge in [0.2, 0.25) is 0 Å². The SMILES string of the molecule is [B]C(C)N(C)C=NC. The summed E-state index contributed by atoms with van der Waals surface area (Å²) in [7, 11) is 9.06. The van der Waals surface area contributed by atoms with Crippen molar-refractivity contribution >= 4 is 14.2 Å². The van der Waals surface area contributed by atoms with Crippen molar-refractivity contribution in [1.82, 2.24) is 4.90 Å². The average Bonchev–Trinajstić information content (AvgIpc) is 1.67. The summed E-state index contributed by atoms with van der Waals surface area (Å²) in [5, 5.41) is 0. The van der Waals surface area contributed by atoms with Crippen LogP contribution in [0.25, 0.3) is 0 Å². The minimum absolute atomic E-state index is 0.0544. The molecular formula is C5H11BN2. The van der Waals surface area contributed by atoms with Crippen LogP contribution in [0, 0.1) is 0 Å². The molecule has 1 unspecified atom stereocenters. The molecule has 1 atom stereocenters. The highest BCUT2D eigenvalue weighted by Crippen LogP contribution is 1.82. The predicted molar refractivity (Wildman–Crippen MR) is 37.4 cm³/mol. The summed E-state index contributed by atoms with van der Waals surface area (Å²) < 4.78 is 0. The van der Waals surface area contributed by atoms with Crippen molar-refractivity contribution in [3.63, 3.8) is 0 Å². The summed E-state index contributed by atoms with van der Waals surface area (Å²) in [6.07, 6.45) is 1.70. The van der Waals surface area contributed by atoms with E-state index >= 15 is 0 Å². The van der Waals surface area contributed by atoms with Gasteiger partial charge in [0.25, 0.3) is 0 Å². The number of hydrogen-bond acceptors (Lipinski definition) is 1. The fraction of sp³-hybridized carbons (Fsp3) is 0.800. The molecule has 0 aliphatic heterocycles. The zero-order chi connectivity index (χ0) is 6.57. The van der Waals surface area contributed by atoms with E-state index in [1.54, 1.807) is 13.4 Å². The Kier molecular flexibility index (Phi) is 3.32. The van der Waals surface area contributed by atoms with E-state index in [9.17, 15) is 0 Å². The molecule has 0 aromatic carbocycles. The minimum Gasteiger partial charge on any atom is -0.372 e. The normalized spacial score (nSPS) is 14.4. The fourth-order valence-electron chi connectivity index (χ4n) is 0.287. The van der Waals surface area contributed by atoms with E-state index < -0.39 is 0 Å². The van der Waals surface area contributed by atoms with Crippen molar-refractivity contribution in [2.75, 3.05) is 14.1 Å². The van der Waals surface area contributed by atoms with Crippen LogP contribution in [0.3, 0.4) is 0 Å². The molecule has 3 heteroatoms. The maximum Gasteiger partial charge on any atom is 0.0986 e. The van der Waals surface area contributed by atoms with Gasteiger partial charge in [-0.2, -0.15) is 0 Å². The van der Waals surface area contributed by atoms with E-state index in [-0.39, 0.29) is 5.94 Å². The van der Waals surface area contributed by atoms with Crippen molar-refractivity contribution in [3.8, 4) is 0 Å². The van der Waals surface area contributed by atoms with Crippen LogP contribution in [0.2, 0.25) is 0 Å². The topological polar surface area (TPSA) is 15.6 Å². The van der Waals surface area contributed by atoms with Crippen LogP contribution in [0.15, 0.2) is 4.99 Å². The van der Waals surface area contributed by atoms with E-state index in [1.807, 2.05) is 18.9 Å². The first kappa shape index (κ1) is 7.53. The summed E-state index contributed by atoms with van der Waals surface area (Å²) in [4.78, 5) is 5.61. The first-order valence-corrected chi connectivity index (χ1v) is 2.58. The van der Waals surface area contributed by atoms with Gasteiger partial charge in [0.05, 0.1) is 14.2 Å². The molecule has 0 spiro atoms. The average molecular weight is 110 g/mol. The van der Waals surface area contributed by atoms with Crippen molar-refractivity contribution in [1.29, 1.82) is 0 Å². The first-order valence-electron chi connectivity index (χ1n) is 2.58. The van der Waals surface area contributed by atoms with Gasteiger partial charge < -0.3 is 4.90 Å². The van der Waals surface area contributed by atoms with Crippen molar-refractivity contribution < 1.29 is 0 Å². The van der Waals surface area contributed by atoms with Gasteiger partial charge in [-0.1, -0.05) is 6.92 Å². The van der Waals surface area contributed by atoms with Crippen molar-refractivity contribution in [2.24, 2.45) is 4.99 Å². The Bertz CT molecular complexity index is 80.5. The maximum absolute atomic E-state index is 5.46. The molecule has 0 fully saturated rings. The largest absolute Gasteiger partial charge is 0.372 e. The lowest BCUT2D eigenvalue weighted by Crippen LogP contribution is -2.27. The molecule has 0 aromatic rings. The highest BCUT2D eigenvalue weighted by atomic mass is 15.1. The number of rotatable bonds is 2. The van der Waals surface area contributed by atoms with Gasteiger partial charge >= 0.3 is 0 Å². The second-order valence-corrected chi connectivity index (χ2v) is 1.78. The monoisotopic (exact) mass is 110 g/mol. The van der Waals surface area contributed by atoms with E-state index in [0.29, 0.717) is 0 Å². The lowest BCUT2D eigenvalue weighted by molar-refractivity contribution is 0.504. The Balaban J connectivity index is 3.47. The number of nitrogens with zero attached hydrogens (tertiary/aromatic N) is 2. The molecule has 44 valence electrons. The highest BCUT2D eigenvalue weighted by Gasteiger charge is 1.93. The summed E-state index contributed by atoms with van der Waals surface area (Å²) >= 11 is 0. The molecule has 0 saturated heterocycles. The van der Waals surface area contributed by atoms with Crippen LogP contribution >= 0.6 is 0 Å². The molecule has 2 radical (unpaired) electrons. The molecule has 0 aliphatic carbocycles. The van der Waals surface area contributed by atoms with E-state index in [0.717, 1.165) is 0 Å². The molecule has 8 heavy (non-hydrogen) atoms. The predicted octanol–water partition coefficient (Wildman–Crippen LogP) is 0.0908. The Hall–Kier alpha value is -0.465. The maximum atomic E-state index is 5.46. The Morgan fingerprint density at radius 1 is 1.75 bits per heavy atom. The summed E-state index contributed by atoms with van der Waals surface area (Å²) in [6.45, 7) is 1.90. The van der Waals surface area contributed by atoms with Crippen molar-refractivity contribution in [3.05, 3.63) is 0 Å². The van der Waals surface area contributed by atoms with Gasteiger partial charge in [0.1, 0.15) is 0 Å². The molecule has 0 amide bonds. The Labute approximate surface area is 52.0 Å². The minimum atomic E-state index is 0.0544. The third-order valence-corrected chi connectivity index (χ3v) is 0.940. The smallest absolute Gasteiger partial charge is 0.0986 e. The van der Waals surface area contributed by atoms with E-state index in [4.69, 9.17) is 7.85 Å². The van der Waals surface area contributed by atoms with Crippen LogP contribution in [0.4, 0.5) is 0 Å².